The summed E-state index contributed by atoms with van der Waals surface area (Å²) in [6.45, 7) is 9.28. The van der Waals surface area contributed by atoms with E-state index in [9.17, 15) is 10.1 Å². The number of hydrogen-bond acceptors (Lipinski definition) is 4. The van der Waals surface area contributed by atoms with Gasteiger partial charge in [0.25, 0.3) is 0 Å². The lowest BCUT2D eigenvalue weighted by atomic mass is 9.66. The number of aromatic amines is 1. The predicted molar refractivity (Wildman–Crippen MR) is 108 cm³/mol. The van der Waals surface area contributed by atoms with Crippen molar-refractivity contribution in [2.75, 3.05) is 13.2 Å². The van der Waals surface area contributed by atoms with Crippen LogP contribution >= 0.6 is 0 Å². The van der Waals surface area contributed by atoms with Gasteiger partial charge in [-0.3, -0.25) is 10.1 Å². The largest absolute Gasteiger partial charge is 0.361 e. The van der Waals surface area contributed by atoms with Gasteiger partial charge in [-0.05, 0) is 30.9 Å². The van der Waals surface area contributed by atoms with E-state index in [1.807, 2.05) is 37.4 Å². The standard InChI is InChI=1S/C22H28N2O4/c1-14(2)16-10-19(15(3)22(12-16)27-8-9-28-22)21(24(25)26)11-17-13-23-20-7-5-4-6-18(17)20/h4-7,13,15-16,19,21,23H,1,8-12H2,2-3H3/t15-,16-,19-,21?/m0/s1. The molecule has 28 heavy (non-hydrogen) atoms. The van der Waals surface area contributed by atoms with Crippen molar-refractivity contribution in [2.24, 2.45) is 17.8 Å². The maximum Gasteiger partial charge on any atom is 0.220 e. The number of nitro groups is 1. The Bertz CT molecular complexity index is 884. The summed E-state index contributed by atoms with van der Waals surface area (Å²) in [6, 6.07) is 7.25. The first-order valence-electron chi connectivity index (χ1n) is 10.0. The molecule has 2 aliphatic rings. The molecule has 4 rings (SSSR count). The van der Waals surface area contributed by atoms with Crippen molar-refractivity contribution in [3.8, 4) is 0 Å². The lowest BCUT2D eigenvalue weighted by Crippen LogP contribution is -2.52. The van der Waals surface area contributed by atoms with Gasteiger partial charge in [0.2, 0.25) is 6.04 Å². The molecule has 1 saturated carbocycles. The highest BCUT2D eigenvalue weighted by molar-refractivity contribution is 5.83. The van der Waals surface area contributed by atoms with Crippen molar-refractivity contribution >= 4 is 10.9 Å². The van der Waals surface area contributed by atoms with Crippen molar-refractivity contribution < 1.29 is 14.4 Å². The molecule has 1 unspecified atom stereocenters. The molecule has 150 valence electrons. The predicted octanol–water partition coefficient (Wildman–Crippen LogP) is 4.34. The van der Waals surface area contributed by atoms with Crippen LogP contribution in [-0.4, -0.2) is 35.0 Å². The third kappa shape index (κ3) is 3.25. The lowest BCUT2D eigenvalue weighted by molar-refractivity contribution is -0.537. The van der Waals surface area contributed by atoms with E-state index in [4.69, 9.17) is 9.47 Å². The maximum atomic E-state index is 12.2. The molecule has 2 heterocycles. The number of allylic oxidation sites excluding steroid dienone is 1. The number of benzene rings is 1. The topological polar surface area (TPSA) is 77.4 Å². The quantitative estimate of drug-likeness (QED) is 0.473. The fourth-order valence-corrected chi connectivity index (χ4v) is 5.10. The Morgan fingerprint density at radius 1 is 1.39 bits per heavy atom. The van der Waals surface area contributed by atoms with E-state index in [1.165, 1.54) is 0 Å². The molecular formula is C22H28N2O4. The minimum atomic E-state index is -0.721. The molecule has 1 saturated heterocycles. The van der Waals surface area contributed by atoms with Crippen LogP contribution in [0.5, 0.6) is 0 Å². The fraction of sp³-hybridized carbons (Fsp3) is 0.545. The number of fused-ring (bicyclic) bond motifs is 1. The van der Waals surface area contributed by atoms with E-state index < -0.39 is 11.8 Å². The number of nitrogens with one attached hydrogen (secondary N) is 1. The molecule has 1 spiro atoms. The molecule has 1 aromatic carbocycles. The first kappa shape index (κ1) is 19.2. The first-order valence-corrected chi connectivity index (χ1v) is 10.0. The molecule has 1 aliphatic heterocycles. The highest BCUT2D eigenvalue weighted by atomic mass is 16.7. The van der Waals surface area contributed by atoms with Crippen LogP contribution in [0.2, 0.25) is 0 Å². The molecule has 2 fully saturated rings. The second-order valence-corrected chi connectivity index (χ2v) is 8.36. The second kappa shape index (κ2) is 7.33. The van der Waals surface area contributed by atoms with E-state index in [1.54, 1.807) is 0 Å². The molecule has 4 atom stereocenters. The average Bonchev–Trinajstić information content (AvgIpc) is 3.30. The Balaban J connectivity index is 1.67. The van der Waals surface area contributed by atoms with Crippen LogP contribution < -0.4 is 0 Å². The zero-order valence-electron chi connectivity index (χ0n) is 16.5. The molecule has 2 aromatic rings. The second-order valence-electron chi connectivity index (χ2n) is 8.36. The smallest absolute Gasteiger partial charge is 0.220 e. The number of ether oxygens (including phenoxy) is 2. The van der Waals surface area contributed by atoms with Crippen molar-refractivity contribution in [1.82, 2.24) is 4.98 Å². The minimum Gasteiger partial charge on any atom is -0.361 e. The Kier molecular flexibility index (Phi) is 5.02. The van der Waals surface area contributed by atoms with Crippen molar-refractivity contribution in [1.29, 1.82) is 0 Å². The monoisotopic (exact) mass is 384 g/mol. The lowest BCUT2D eigenvalue weighted by Gasteiger charge is -2.46. The van der Waals surface area contributed by atoms with E-state index in [0.717, 1.165) is 34.9 Å². The summed E-state index contributed by atoms with van der Waals surface area (Å²) in [5.74, 6) is -0.741. The molecule has 0 radical (unpaired) electrons. The van der Waals surface area contributed by atoms with Crippen molar-refractivity contribution in [2.45, 2.75) is 44.9 Å². The van der Waals surface area contributed by atoms with Crippen molar-refractivity contribution in [3.63, 3.8) is 0 Å². The van der Waals surface area contributed by atoms with Gasteiger partial charge in [0.15, 0.2) is 5.79 Å². The van der Waals surface area contributed by atoms with Gasteiger partial charge in [-0.1, -0.05) is 37.3 Å². The summed E-state index contributed by atoms with van der Waals surface area (Å²) in [7, 11) is 0. The first-order chi connectivity index (χ1) is 13.4. The van der Waals surface area contributed by atoms with Crippen LogP contribution in [-0.2, 0) is 15.9 Å². The zero-order chi connectivity index (χ0) is 19.9. The normalized spacial score (nSPS) is 27.9. The molecule has 0 amide bonds. The minimum absolute atomic E-state index is 0.0498. The van der Waals surface area contributed by atoms with E-state index in [0.29, 0.717) is 19.6 Å². The van der Waals surface area contributed by atoms with Gasteiger partial charge >= 0.3 is 0 Å². The SMILES string of the molecule is C=C(C)[C@H]1C[C@H](C(Cc2c[nH]c3ccccc23)[N+](=O)[O-])[C@H](C)C2(C1)OCCO2. The van der Waals surface area contributed by atoms with E-state index in [-0.39, 0.29) is 22.7 Å². The summed E-state index contributed by atoms with van der Waals surface area (Å²) >= 11 is 0. The van der Waals surface area contributed by atoms with Gasteiger partial charge in [0, 0.05) is 46.7 Å². The molecule has 1 aromatic heterocycles. The third-order valence-corrected chi connectivity index (χ3v) is 6.77. The van der Waals surface area contributed by atoms with Gasteiger partial charge in [0.05, 0.1) is 13.2 Å². The number of H-pyrrole nitrogens is 1. The molecule has 1 N–H and O–H groups in total. The van der Waals surface area contributed by atoms with Gasteiger partial charge in [-0.15, -0.1) is 0 Å². The zero-order valence-corrected chi connectivity index (χ0v) is 16.5. The van der Waals surface area contributed by atoms with Gasteiger partial charge in [-0.2, -0.15) is 0 Å². The van der Waals surface area contributed by atoms with E-state index in [2.05, 4.69) is 18.5 Å². The highest BCUT2D eigenvalue weighted by Crippen LogP contribution is 2.49. The molecule has 1 aliphatic carbocycles. The Hall–Kier alpha value is -2.18. The van der Waals surface area contributed by atoms with Gasteiger partial charge < -0.3 is 14.5 Å². The van der Waals surface area contributed by atoms with Gasteiger partial charge in [0.1, 0.15) is 0 Å². The molecule has 0 bridgehead atoms. The maximum absolute atomic E-state index is 12.2. The summed E-state index contributed by atoms with van der Waals surface area (Å²) in [5.41, 5.74) is 3.05. The van der Waals surface area contributed by atoms with Crippen LogP contribution in [0.15, 0.2) is 42.6 Å². The number of hydrogen-bond donors (Lipinski definition) is 1. The number of para-hydroxylation sites is 1. The Labute approximate surface area is 165 Å². The number of aromatic nitrogens is 1. The van der Waals surface area contributed by atoms with Gasteiger partial charge in [-0.25, -0.2) is 0 Å². The van der Waals surface area contributed by atoms with Crippen LogP contribution in [0.4, 0.5) is 0 Å². The van der Waals surface area contributed by atoms with Crippen LogP contribution in [0.25, 0.3) is 10.9 Å². The van der Waals surface area contributed by atoms with Crippen LogP contribution in [0, 0.1) is 27.9 Å². The molecule has 6 nitrogen and oxygen atoms in total. The van der Waals surface area contributed by atoms with Crippen LogP contribution in [0.3, 0.4) is 0 Å². The summed E-state index contributed by atoms with van der Waals surface area (Å²) in [6.07, 6.45) is 3.78. The Morgan fingerprint density at radius 2 is 2.11 bits per heavy atom. The fourth-order valence-electron chi connectivity index (χ4n) is 5.10. The summed E-state index contributed by atoms with van der Waals surface area (Å²) in [5, 5.41) is 13.2. The highest BCUT2D eigenvalue weighted by Gasteiger charge is 2.55. The third-order valence-electron chi connectivity index (χ3n) is 6.77. The average molecular weight is 384 g/mol. The Morgan fingerprint density at radius 3 is 2.79 bits per heavy atom. The van der Waals surface area contributed by atoms with Crippen molar-refractivity contribution in [3.05, 3.63) is 58.3 Å². The summed E-state index contributed by atoms with van der Waals surface area (Å²) < 4.78 is 12.1. The molecule has 6 heteroatoms. The van der Waals surface area contributed by atoms with Crippen LogP contribution in [0.1, 0.15) is 32.3 Å². The number of nitrogens with zero attached hydrogens (tertiary/aromatic N) is 1. The van der Waals surface area contributed by atoms with E-state index >= 15 is 0 Å². The molecular weight excluding hydrogens is 356 g/mol. The number of rotatable bonds is 5. The summed E-state index contributed by atoms with van der Waals surface area (Å²) in [4.78, 5) is 15.3.